The molecule has 1 aromatic carbocycles. The van der Waals surface area contributed by atoms with Gasteiger partial charge in [-0.1, -0.05) is 18.2 Å². The van der Waals surface area contributed by atoms with Crippen molar-refractivity contribution in [3.8, 4) is 16.9 Å². The van der Waals surface area contributed by atoms with E-state index in [0.717, 1.165) is 55.0 Å². The molecule has 3 heterocycles. The topological polar surface area (TPSA) is 68.1 Å². The standard InChI is InChI=1S/C22H26N4O2S/c1-29(27,28)17-18-6-5-13-25(14-18)15-20-16-26(21-7-3-2-4-8-21)24-22(20)19-9-11-23-12-10-19/h2-4,7-12,16,18H,5-6,13-15,17H2,1H3. The first-order valence-electron chi connectivity index (χ1n) is 9.92. The second-order valence-electron chi connectivity index (χ2n) is 7.85. The van der Waals surface area contributed by atoms with Crippen LogP contribution in [-0.4, -0.2) is 53.2 Å². The number of piperidine rings is 1. The number of pyridine rings is 1. The molecule has 0 N–H and O–H groups in total. The van der Waals surface area contributed by atoms with Crippen LogP contribution in [0, 0.1) is 5.92 Å². The Morgan fingerprint density at radius 1 is 1.10 bits per heavy atom. The normalized spacial score (nSPS) is 18.0. The quantitative estimate of drug-likeness (QED) is 0.624. The summed E-state index contributed by atoms with van der Waals surface area (Å²) in [6.07, 6.45) is 8.98. The minimum Gasteiger partial charge on any atom is -0.299 e. The molecule has 152 valence electrons. The summed E-state index contributed by atoms with van der Waals surface area (Å²) in [5, 5.41) is 4.86. The van der Waals surface area contributed by atoms with Crippen molar-refractivity contribution in [1.82, 2.24) is 19.7 Å². The van der Waals surface area contributed by atoms with E-state index >= 15 is 0 Å². The molecule has 4 rings (SSSR count). The summed E-state index contributed by atoms with van der Waals surface area (Å²) in [7, 11) is -2.95. The number of sulfone groups is 1. The summed E-state index contributed by atoms with van der Waals surface area (Å²) >= 11 is 0. The minimum atomic E-state index is -2.95. The lowest BCUT2D eigenvalue weighted by atomic mass is 9.99. The smallest absolute Gasteiger partial charge is 0.147 e. The average Bonchev–Trinajstić information content (AvgIpc) is 3.12. The largest absolute Gasteiger partial charge is 0.299 e. The van der Waals surface area contributed by atoms with Crippen molar-refractivity contribution in [2.45, 2.75) is 19.4 Å². The molecule has 0 radical (unpaired) electrons. The lowest BCUT2D eigenvalue weighted by Crippen LogP contribution is -2.37. The average molecular weight is 411 g/mol. The van der Waals surface area contributed by atoms with Gasteiger partial charge in [0.1, 0.15) is 9.84 Å². The van der Waals surface area contributed by atoms with Gasteiger partial charge in [-0.05, 0) is 49.6 Å². The lowest BCUT2D eigenvalue weighted by molar-refractivity contribution is 0.178. The van der Waals surface area contributed by atoms with Crippen LogP contribution in [0.3, 0.4) is 0 Å². The Kier molecular flexibility index (Phi) is 5.78. The van der Waals surface area contributed by atoms with Crippen LogP contribution in [0.5, 0.6) is 0 Å². The summed E-state index contributed by atoms with van der Waals surface area (Å²) in [6, 6.07) is 14.0. The first-order valence-corrected chi connectivity index (χ1v) is 12.0. The molecule has 1 saturated heterocycles. The van der Waals surface area contributed by atoms with Crippen molar-refractivity contribution >= 4 is 9.84 Å². The molecular weight excluding hydrogens is 384 g/mol. The number of hydrogen-bond donors (Lipinski definition) is 0. The summed E-state index contributed by atoms with van der Waals surface area (Å²) in [5.74, 6) is 0.469. The molecule has 1 unspecified atom stereocenters. The molecule has 29 heavy (non-hydrogen) atoms. The molecule has 0 aliphatic carbocycles. The van der Waals surface area contributed by atoms with Gasteiger partial charge in [-0.2, -0.15) is 5.10 Å². The predicted octanol–water partition coefficient (Wildman–Crippen LogP) is 3.19. The predicted molar refractivity (Wildman–Crippen MR) is 115 cm³/mol. The van der Waals surface area contributed by atoms with Gasteiger partial charge in [0.25, 0.3) is 0 Å². The highest BCUT2D eigenvalue weighted by Crippen LogP contribution is 2.27. The molecule has 1 atom stereocenters. The first kappa shape index (κ1) is 19.8. The molecule has 1 aliphatic rings. The number of rotatable bonds is 6. The second kappa shape index (κ2) is 8.47. The van der Waals surface area contributed by atoms with E-state index in [4.69, 9.17) is 5.10 Å². The Bertz CT molecular complexity index is 1050. The third kappa shape index (κ3) is 5.10. The highest BCUT2D eigenvalue weighted by Gasteiger charge is 2.24. The summed E-state index contributed by atoms with van der Waals surface area (Å²) < 4.78 is 25.4. The van der Waals surface area contributed by atoms with Crippen molar-refractivity contribution in [1.29, 1.82) is 0 Å². The van der Waals surface area contributed by atoms with Crippen LogP contribution < -0.4 is 0 Å². The summed E-state index contributed by atoms with van der Waals surface area (Å²) in [6.45, 7) is 2.54. The van der Waals surface area contributed by atoms with Crippen molar-refractivity contribution in [3.63, 3.8) is 0 Å². The molecule has 7 heteroatoms. The molecule has 1 aliphatic heterocycles. The molecule has 0 saturated carbocycles. The van der Waals surface area contributed by atoms with E-state index in [1.807, 2.05) is 47.1 Å². The van der Waals surface area contributed by atoms with Gasteiger partial charge < -0.3 is 0 Å². The van der Waals surface area contributed by atoms with Crippen LogP contribution in [-0.2, 0) is 16.4 Å². The highest BCUT2D eigenvalue weighted by molar-refractivity contribution is 7.90. The van der Waals surface area contributed by atoms with Crippen molar-refractivity contribution in [2.24, 2.45) is 5.92 Å². The van der Waals surface area contributed by atoms with E-state index in [9.17, 15) is 8.42 Å². The third-order valence-electron chi connectivity index (χ3n) is 5.30. The van der Waals surface area contributed by atoms with Crippen LogP contribution in [0.4, 0.5) is 0 Å². The van der Waals surface area contributed by atoms with Gasteiger partial charge in [-0.25, -0.2) is 13.1 Å². The van der Waals surface area contributed by atoms with E-state index in [-0.39, 0.29) is 11.7 Å². The molecule has 0 bridgehead atoms. The number of nitrogens with zero attached hydrogens (tertiary/aromatic N) is 4. The number of hydrogen-bond acceptors (Lipinski definition) is 5. The second-order valence-corrected chi connectivity index (χ2v) is 10.0. The molecule has 2 aromatic heterocycles. The van der Waals surface area contributed by atoms with Gasteiger partial charge in [-0.15, -0.1) is 0 Å². The van der Waals surface area contributed by atoms with Gasteiger partial charge in [0.05, 0.1) is 17.1 Å². The van der Waals surface area contributed by atoms with Gasteiger partial charge in [0.2, 0.25) is 0 Å². The van der Waals surface area contributed by atoms with Gasteiger partial charge in [-0.3, -0.25) is 9.88 Å². The molecule has 0 amide bonds. The Morgan fingerprint density at radius 2 is 1.86 bits per heavy atom. The lowest BCUT2D eigenvalue weighted by Gasteiger charge is -2.32. The Morgan fingerprint density at radius 3 is 2.59 bits per heavy atom. The van der Waals surface area contributed by atoms with Gasteiger partial charge >= 0.3 is 0 Å². The number of benzene rings is 1. The Balaban J connectivity index is 1.61. The number of para-hydroxylation sites is 1. The van der Waals surface area contributed by atoms with Crippen molar-refractivity contribution in [3.05, 3.63) is 66.6 Å². The fourth-order valence-corrected chi connectivity index (χ4v) is 5.22. The fourth-order valence-electron chi connectivity index (χ4n) is 4.09. The van der Waals surface area contributed by atoms with Gasteiger partial charge in [0, 0.05) is 49.1 Å². The molecular formula is C22H26N4O2S. The SMILES string of the molecule is CS(=O)(=O)CC1CCCN(Cc2cn(-c3ccccc3)nc2-c2ccncc2)C1. The summed E-state index contributed by atoms with van der Waals surface area (Å²) in [4.78, 5) is 6.48. The van der Waals surface area contributed by atoms with Crippen LogP contribution in [0.15, 0.2) is 61.1 Å². The molecule has 3 aromatic rings. The van der Waals surface area contributed by atoms with E-state index in [1.54, 1.807) is 12.4 Å². The zero-order valence-electron chi connectivity index (χ0n) is 16.6. The zero-order valence-corrected chi connectivity index (χ0v) is 17.4. The van der Waals surface area contributed by atoms with E-state index < -0.39 is 9.84 Å². The number of likely N-dealkylation sites (tertiary alicyclic amines) is 1. The van der Waals surface area contributed by atoms with Crippen molar-refractivity contribution in [2.75, 3.05) is 25.1 Å². The van der Waals surface area contributed by atoms with E-state index in [2.05, 4.69) is 16.1 Å². The first-order chi connectivity index (χ1) is 14.0. The maximum Gasteiger partial charge on any atom is 0.147 e. The molecule has 1 fully saturated rings. The van der Waals surface area contributed by atoms with Crippen molar-refractivity contribution < 1.29 is 8.42 Å². The maximum absolute atomic E-state index is 11.7. The number of aromatic nitrogens is 3. The maximum atomic E-state index is 11.7. The van der Waals surface area contributed by atoms with Crippen LogP contribution in [0.2, 0.25) is 0 Å². The van der Waals surface area contributed by atoms with E-state index in [1.165, 1.54) is 6.26 Å². The van der Waals surface area contributed by atoms with Crippen LogP contribution >= 0.6 is 0 Å². The van der Waals surface area contributed by atoms with Gasteiger partial charge in [0.15, 0.2) is 0 Å². The Labute approximate surface area is 172 Å². The zero-order chi connectivity index (χ0) is 20.3. The van der Waals surface area contributed by atoms with Crippen LogP contribution in [0.1, 0.15) is 18.4 Å². The third-order valence-corrected chi connectivity index (χ3v) is 6.38. The minimum absolute atomic E-state index is 0.201. The summed E-state index contributed by atoms with van der Waals surface area (Å²) in [5.41, 5.74) is 4.14. The van der Waals surface area contributed by atoms with Crippen LogP contribution in [0.25, 0.3) is 16.9 Å². The monoisotopic (exact) mass is 410 g/mol. The highest BCUT2D eigenvalue weighted by atomic mass is 32.2. The Hall–Kier alpha value is -2.51. The molecule has 6 nitrogen and oxygen atoms in total. The molecule has 0 spiro atoms. The van der Waals surface area contributed by atoms with E-state index in [0.29, 0.717) is 0 Å². The fraction of sp³-hybridized carbons (Fsp3) is 0.364.